The molecule has 0 amide bonds. The minimum Gasteiger partial charge on any atom is -0.493 e. The lowest BCUT2D eigenvalue weighted by atomic mass is 9.86. The van der Waals surface area contributed by atoms with Crippen molar-refractivity contribution < 1.29 is 9.47 Å². The molecule has 0 spiro atoms. The quantitative estimate of drug-likeness (QED) is 0.744. The minimum absolute atomic E-state index is 0.304. The lowest BCUT2D eigenvalue weighted by molar-refractivity contribution is 0.355. The predicted octanol–water partition coefficient (Wildman–Crippen LogP) is 3.70. The molecule has 0 aliphatic heterocycles. The van der Waals surface area contributed by atoms with Crippen LogP contribution in [0.25, 0.3) is 11.1 Å². The smallest absolute Gasteiger partial charge is 0.161 e. The van der Waals surface area contributed by atoms with Crippen LogP contribution in [0.1, 0.15) is 29.7 Å². The molecule has 24 heavy (non-hydrogen) atoms. The average Bonchev–Trinajstić information content (AvgIpc) is 2.60. The van der Waals surface area contributed by atoms with E-state index >= 15 is 0 Å². The number of rotatable bonds is 3. The fourth-order valence-corrected chi connectivity index (χ4v) is 3.93. The molecule has 1 aliphatic carbocycles. The molecular weight excluding hydrogens is 417 g/mol. The Kier molecular flexibility index (Phi) is 4.81. The van der Waals surface area contributed by atoms with E-state index in [-0.39, 0.29) is 0 Å². The summed E-state index contributed by atoms with van der Waals surface area (Å²) < 4.78 is 11.8. The van der Waals surface area contributed by atoms with Crippen molar-refractivity contribution in [2.24, 2.45) is 0 Å². The molecule has 0 bridgehead atoms. The van der Waals surface area contributed by atoms with Crippen LogP contribution in [0.4, 0.5) is 5.82 Å². The molecule has 5 nitrogen and oxygen atoms in total. The molecule has 124 valence electrons. The van der Waals surface area contributed by atoms with E-state index in [0.717, 1.165) is 51.6 Å². The number of pyridine rings is 1. The van der Waals surface area contributed by atoms with Crippen molar-refractivity contribution in [2.45, 2.75) is 25.7 Å². The third kappa shape index (κ3) is 2.77. The molecular formula is C18H18IN3O2. The molecule has 1 heterocycles. The third-order valence-corrected chi connectivity index (χ3v) is 5.25. The summed E-state index contributed by atoms with van der Waals surface area (Å²) in [6.45, 7) is 0. The van der Waals surface area contributed by atoms with Crippen LogP contribution in [0, 0.1) is 14.9 Å². The van der Waals surface area contributed by atoms with Crippen molar-refractivity contribution in [2.75, 3.05) is 20.0 Å². The van der Waals surface area contributed by atoms with Gasteiger partial charge in [0, 0.05) is 20.4 Å². The summed E-state index contributed by atoms with van der Waals surface area (Å²) in [6, 6.07) is 6.08. The molecule has 6 heteroatoms. The van der Waals surface area contributed by atoms with E-state index in [1.165, 1.54) is 0 Å². The highest BCUT2D eigenvalue weighted by molar-refractivity contribution is 14.1. The zero-order valence-electron chi connectivity index (χ0n) is 13.6. The summed E-state index contributed by atoms with van der Waals surface area (Å²) in [5.41, 5.74) is 10.5. The summed E-state index contributed by atoms with van der Waals surface area (Å²) >= 11 is 2.26. The number of anilines is 1. The molecule has 1 aromatic heterocycles. The normalized spacial score (nSPS) is 13.1. The first kappa shape index (κ1) is 16.8. The zero-order chi connectivity index (χ0) is 17.3. The summed E-state index contributed by atoms with van der Waals surface area (Å²) in [5.74, 6) is 1.61. The number of aryl methyl sites for hydroxylation is 1. The van der Waals surface area contributed by atoms with Gasteiger partial charge in [0.2, 0.25) is 0 Å². The molecule has 3 rings (SSSR count). The van der Waals surface area contributed by atoms with Gasteiger partial charge in [0.05, 0.1) is 14.2 Å². The monoisotopic (exact) mass is 435 g/mol. The van der Waals surface area contributed by atoms with Crippen LogP contribution in [0.3, 0.4) is 0 Å². The number of ether oxygens (including phenoxy) is 2. The van der Waals surface area contributed by atoms with Crippen LogP contribution in [0.15, 0.2) is 12.1 Å². The highest BCUT2D eigenvalue weighted by Crippen LogP contribution is 2.42. The van der Waals surface area contributed by atoms with E-state index in [9.17, 15) is 5.26 Å². The number of benzene rings is 1. The summed E-state index contributed by atoms with van der Waals surface area (Å²) in [4.78, 5) is 4.47. The van der Waals surface area contributed by atoms with Crippen LogP contribution < -0.4 is 15.2 Å². The molecule has 2 aromatic rings. The van der Waals surface area contributed by atoms with Gasteiger partial charge in [-0.3, -0.25) is 0 Å². The van der Waals surface area contributed by atoms with Crippen LogP contribution >= 0.6 is 22.6 Å². The topological polar surface area (TPSA) is 81.2 Å². The summed E-state index contributed by atoms with van der Waals surface area (Å²) in [5, 5.41) is 9.65. The number of aromatic nitrogens is 1. The Hall–Kier alpha value is -2.01. The number of nitrogen functional groups attached to an aromatic ring is 1. The number of nitriles is 1. The first-order valence-electron chi connectivity index (χ1n) is 7.74. The second-order valence-corrected chi connectivity index (χ2v) is 6.84. The lowest BCUT2D eigenvalue weighted by Gasteiger charge is -2.22. The number of methoxy groups -OCH3 is 2. The van der Waals surface area contributed by atoms with Gasteiger partial charge in [-0.15, -0.1) is 0 Å². The highest BCUT2D eigenvalue weighted by Gasteiger charge is 2.24. The van der Waals surface area contributed by atoms with Gasteiger partial charge < -0.3 is 15.2 Å². The van der Waals surface area contributed by atoms with E-state index in [2.05, 4.69) is 33.6 Å². The Morgan fingerprint density at radius 1 is 1.17 bits per heavy atom. The maximum atomic E-state index is 9.65. The fourth-order valence-electron chi connectivity index (χ4n) is 3.22. The molecule has 0 radical (unpaired) electrons. The number of halogens is 1. The third-order valence-electron chi connectivity index (χ3n) is 4.36. The van der Waals surface area contributed by atoms with E-state index in [1.54, 1.807) is 14.2 Å². The Morgan fingerprint density at radius 2 is 1.83 bits per heavy atom. The van der Waals surface area contributed by atoms with Crippen molar-refractivity contribution in [3.05, 3.63) is 32.5 Å². The molecule has 0 saturated heterocycles. The van der Waals surface area contributed by atoms with Gasteiger partial charge in [0.25, 0.3) is 0 Å². The van der Waals surface area contributed by atoms with Gasteiger partial charge in [-0.1, -0.05) is 0 Å². The van der Waals surface area contributed by atoms with Gasteiger partial charge in [0.15, 0.2) is 11.5 Å². The Labute approximate surface area is 154 Å². The van der Waals surface area contributed by atoms with E-state index in [4.69, 9.17) is 15.2 Å². The molecule has 1 aliphatic rings. The largest absolute Gasteiger partial charge is 0.493 e. The van der Waals surface area contributed by atoms with Gasteiger partial charge in [-0.05, 0) is 66.0 Å². The van der Waals surface area contributed by atoms with E-state index < -0.39 is 0 Å². The van der Waals surface area contributed by atoms with Crippen molar-refractivity contribution in [3.8, 4) is 28.7 Å². The number of fused-ring (bicyclic) bond motifs is 1. The number of nitrogens with zero attached hydrogens (tertiary/aromatic N) is 2. The Morgan fingerprint density at radius 3 is 2.50 bits per heavy atom. The molecule has 0 fully saturated rings. The maximum Gasteiger partial charge on any atom is 0.161 e. The minimum atomic E-state index is 0.304. The second-order valence-electron chi connectivity index (χ2n) is 5.68. The molecule has 2 N–H and O–H groups in total. The second kappa shape index (κ2) is 6.85. The first-order chi connectivity index (χ1) is 11.6. The summed E-state index contributed by atoms with van der Waals surface area (Å²) in [6.07, 6.45) is 4.02. The van der Waals surface area contributed by atoms with E-state index in [0.29, 0.717) is 22.9 Å². The highest BCUT2D eigenvalue weighted by atomic mass is 127. The van der Waals surface area contributed by atoms with Crippen LogP contribution in [0.5, 0.6) is 11.5 Å². The van der Waals surface area contributed by atoms with Crippen LogP contribution in [0.2, 0.25) is 0 Å². The van der Waals surface area contributed by atoms with Gasteiger partial charge >= 0.3 is 0 Å². The average molecular weight is 435 g/mol. The van der Waals surface area contributed by atoms with E-state index in [1.807, 2.05) is 12.1 Å². The van der Waals surface area contributed by atoms with Crippen LogP contribution in [-0.4, -0.2) is 19.2 Å². The van der Waals surface area contributed by atoms with Crippen molar-refractivity contribution >= 4 is 28.4 Å². The standard InChI is InChI=1S/C18H18IN3O2/c1-23-15-7-11(13(19)8-16(15)24-2)17-10-5-3-4-6-14(10)22-18(21)12(17)9-20/h7-8H,3-6H2,1-2H3,(H2,21,22). The Bertz CT molecular complexity index is 843. The van der Waals surface area contributed by atoms with Crippen LogP contribution in [-0.2, 0) is 12.8 Å². The van der Waals surface area contributed by atoms with Crippen molar-refractivity contribution in [1.29, 1.82) is 5.26 Å². The molecule has 0 atom stereocenters. The van der Waals surface area contributed by atoms with Gasteiger partial charge in [0.1, 0.15) is 17.5 Å². The lowest BCUT2D eigenvalue weighted by Crippen LogP contribution is -2.12. The molecule has 0 unspecified atom stereocenters. The number of nitrogens with two attached hydrogens (primary N) is 1. The zero-order valence-corrected chi connectivity index (χ0v) is 15.8. The van der Waals surface area contributed by atoms with Gasteiger partial charge in [-0.25, -0.2) is 4.98 Å². The SMILES string of the molecule is COc1cc(I)c(-c2c(C#N)c(N)nc3c2CCCC3)cc1OC. The maximum absolute atomic E-state index is 9.65. The van der Waals surface area contributed by atoms with Crippen molar-refractivity contribution in [3.63, 3.8) is 0 Å². The van der Waals surface area contributed by atoms with Gasteiger partial charge in [-0.2, -0.15) is 5.26 Å². The summed E-state index contributed by atoms with van der Waals surface area (Å²) in [7, 11) is 3.22. The number of hydrogen-bond donors (Lipinski definition) is 1. The number of hydrogen-bond acceptors (Lipinski definition) is 5. The fraction of sp³-hybridized carbons (Fsp3) is 0.333. The van der Waals surface area contributed by atoms with Crippen molar-refractivity contribution in [1.82, 2.24) is 4.98 Å². The molecule has 0 saturated carbocycles. The first-order valence-corrected chi connectivity index (χ1v) is 8.81. The predicted molar refractivity (Wildman–Crippen MR) is 101 cm³/mol. The molecule has 1 aromatic carbocycles. The Balaban J connectivity index is 2.34.